The van der Waals surface area contributed by atoms with Crippen molar-refractivity contribution in [2.24, 2.45) is 0 Å². The summed E-state index contributed by atoms with van der Waals surface area (Å²) < 4.78 is 10.5. The van der Waals surface area contributed by atoms with Crippen LogP contribution in [0.4, 0.5) is 0 Å². The Morgan fingerprint density at radius 2 is 1.06 bits per heavy atom. The third kappa shape index (κ3) is 4.38. The highest BCUT2D eigenvalue weighted by molar-refractivity contribution is 7.89. The summed E-state index contributed by atoms with van der Waals surface area (Å²) in [5.41, 5.74) is 6.26. The number of ether oxygens (including phenoxy) is 2. The van der Waals surface area contributed by atoms with Crippen LogP contribution in [0.5, 0.6) is 0 Å². The highest BCUT2D eigenvalue weighted by Crippen LogP contribution is 1.96. The topological polar surface area (TPSA) is 49.0 Å². The molecule has 2 fully saturated rings. The molecule has 0 atom stereocenters. The van der Waals surface area contributed by atoms with Crippen molar-refractivity contribution in [3.8, 4) is 0 Å². The van der Waals surface area contributed by atoms with Crippen LogP contribution < -0.4 is 10.9 Å². The summed E-state index contributed by atoms with van der Waals surface area (Å²) >= 11 is 10.5. The van der Waals surface area contributed by atoms with Crippen LogP contribution >= 0.6 is 24.4 Å². The van der Waals surface area contributed by atoms with Crippen LogP contribution in [0.1, 0.15) is 0 Å². The van der Waals surface area contributed by atoms with E-state index in [0.29, 0.717) is 9.98 Å². The van der Waals surface area contributed by atoms with Gasteiger partial charge < -0.3 is 20.3 Å². The van der Waals surface area contributed by atoms with E-state index in [1.54, 1.807) is 0 Å². The second kappa shape index (κ2) is 7.27. The van der Waals surface area contributed by atoms with E-state index in [2.05, 4.69) is 10.9 Å². The van der Waals surface area contributed by atoms with E-state index in [-0.39, 0.29) is 0 Å². The second-order valence-corrected chi connectivity index (χ2v) is 4.90. The highest BCUT2D eigenvalue weighted by Gasteiger charge is 2.16. The predicted octanol–water partition coefficient (Wildman–Crippen LogP) is -0.685. The van der Waals surface area contributed by atoms with E-state index in [9.17, 15) is 0 Å². The summed E-state index contributed by atoms with van der Waals surface area (Å²) in [4.78, 5) is 1.11. The monoisotopic (exact) mass is 290 g/mol. The van der Waals surface area contributed by atoms with Gasteiger partial charge in [0.25, 0.3) is 0 Å². The Kier molecular flexibility index (Phi) is 5.67. The Bertz CT molecular complexity index is 274. The van der Waals surface area contributed by atoms with Crippen molar-refractivity contribution < 1.29 is 9.47 Å². The van der Waals surface area contributed by atoms with Crippen LogP contribution in [0.3, 0.4) is 0 Å². The van der Waals surface area contributed by atoms with Crippen molar-refractivity contribution in [3.05, 3.63) is 0 Å². The summed E-state index contributed by atoms with van der Waals surface area (Å²) in [6.45, 7) is 6.16. The van der Waals surface area contributed by atoms with Crippen LogP contribution in [0, 0.1) is 0 Å². The summed E-state index contributed by atoms with van der Waals surface area (Å²) in [5.74, 6) is 0. The Labute approximate surface area is 118 Å². The molecule has 2 saturated heterocycles. The fourth-order valence-electron chi connectivity index (χ4n) is 1.74. The molecule has 2 N–H and O–H groups in total. The van der Waals surface area contributed by atoms with Crippen LogP contribution in [-0.4, -0.2) is 72.6 Å². The van der Waals surface area contributed by atoms with Crippen molar-refractivity contribution in [1.82, 2.24) is 20.9 Å². The standard InChI is InChI=1S/C10H18N4O2S2/c17-9(11-13-1-5-15-6-2-13)10(18)12-14-3-7-16-8-4-14/h1-8H2,(H,11,17)(H,12,18). The lowest BCUT2D eigenvalue weighted by Crippen LogP contribution is -2.55. The van der Waals surface area contributed by atoms with E-state index in [1.165, 1.54) is 0 Å². The van der Waals surface area contributed by atoms with Gasteiger partial charge in [0.05, 0.1) is 26.4 Å². The molecule has 2 aliphatic heterocycles. The normalized spacial score (nSPS) is 22.4. The lowest BCUT2D eigenvalue weighted by Gasteiger charge is -2.31. The van der Waals surface area contributed by atoms with Crippen molar-refractivity contribution in [2.75, 3.05) is 52.6 Å². The fourth-order valence-corrected chi connectivity index (χ4v) is 2.09. The van der Waals surface area contributed by atoms with E-state index in [1.807, 2.05) is 10.0 Å². The number of nitrogens with zero attached hydrogens (tertiary/aromatic N) is 2. The largest absolute Gasteiger partial charge is 0.379 e. The van der Waals surface area contributed by atoms with Gasteiger partial charge in [0, 0.05) is 26.2 Å². The maximum atomic E-state index is 5.27. The molecule has 2 heterocycles. The summed E-state index contributed by atoms with van der Waals surface area (Å²) in [6, 6.07) is 0. The highest BCUT2D eigenvalue weighted by atomic mass is 32.1. The summed E-state index contributed by atoms with van der Waals surface area (Å²) in [5, 5.41) is 4.05. The van der Waals surface area contributed by atoms with Gasteiger partial charge in [-0.25, -0.2) is 10.0 Å². The molecule has 8 heteroatoms. The van der Waals surface area contributed by atoms with Crippen LogP contribution in [-0.2, 0) is 9.47 Å². The third-order valence-electron chi connectivity index (χ3n) is 2.75. The maximum absolute atomic E-state index is 5.27. The molecule has 0 amide bonds. The van der Waals surface area contributed by atoms with Crippen molar-refractivity contribution in [3.63, 3.8) is 0 Å². The Balaban J connectivity index is 1.71. The van der Waals surface area contributed by atoms with Gasteiger partial charge in [0.15, 0.2) is 0 Å². The van der Waals surface area contributed by atoms with Crippen molar-refractivity contribution in [2.45, 2.75) is 0 Å². The van der Waals surface area contributed by atoms with E-state index in [0.717, 1.165) is 52.6 Å². The SMILES string of the molecule is S=C(NN1CCOCC1)C(=S)NN1CCOCC1. The van der Waals surface area contributed by atoms with Gasteiger partial charge in [-0.2, -0.15) is 0 Å². The molecule has 0 unspecified atom stereocenters. The Hall–Kier alpha value is -0.380. The molecule has 0 saturated carbocycles. The number of hydrogen-bond acceptors (Lipinski definition) is 6. The van der Waals surface area contributed by atoms with Gasteiger partial charge >= 0.3 is 0 Å². The molecule has 0 aliphatic carbocycles. The number of thiocarbonyl (C=S) groups is 2. The first-order valence-electron chi connectivity index (χ1n) is 6.03. The number of hydrogen-bond donors (Lipinski definition) is 2. The zero-order valence-corrected chi connectivity index (χ0v) is 11.8. The molecule has 0 aromatic rings. The average Bonchev–Trinajstić information content (AvgIpc) is 2.41. The van der Waals surface area contributed by atoms with Gasteiger partial charge in [-0.1, -0.05) is 24.4 Å². The number of morpholine rings is 2. The fraction of sp³-hybridized carbons (Fsp3) is 0.800. The van der Waals surface area contributed by atoms with Gasteiger partial charge in [0.2, 0.25) is 0 Å². The molecule has 2 rings (SSSR count). The molecule has 0 spiro atoms. The number of rotatable bonds is 2. The minimum Gasteiger partial charge on any atom is -0.379 e. The minimum atomic E-state index is 0.554. The van der Waals surface area contributed by atoms with Gasteiger partial charge in [-0.15, -0.1) is 0 Å². The first-order valence-corrected chi connectivity index (χ1v) is 6.84. The predicted molar refractivity (Wildman–Crippen MR) is 76.3 cm³/mol. The lowest BCUT2D eigenvalue weighted by molar-refractivity contribution is 0.0234. The molecular formula is C10H18N4O2S2. The molecule has 0 aromatic heterocycles. The average molecular weight is 290 g/mol. The van der Waals surface area contributed by atoms with Crippen LogP contribution in [0.25, 0.3) is 0 Å². The zero-order valence-electron chi connectivity index (χ0n) is 10.2. The Morgan fingerprint density at radius 1 is 0.722 bits per heavy atom. The van der Waals surface area contributed by atoms with Gasteiger partial charge in [-0.05, 0) is 0 Å². The molecule has 0 radical (unpaired) electrons. The Morgan fingerprint density at radius 3 is 1.39 bits per heavy atom. The lowest BCUT2D eigenvalue weighted by atomic mass is 10.5. The first-order chi connectivity index (χ1) is 8.75. The van der Waals surface area contributed by atoms with Crippen LogP contribution in [0.2, 0.25) is 0 Å². The van der Waals surface area contributed by atoms with Gasteiger partial charge in [0.1, 0.15) is 9.98 Å². The molecule has 6 nitrogen and oxygen atoms in total. The van der Waals surface area contributed by atoms with Gasteiger partial charge in [-0.3, -0.25) is 0 Å². The van der Waals surface area contributed by atoms with Crippen LogP contribution in [0.15, 0.2) is 0 Å². The molecule has 18 heavy (non-hydrogen) atoms. The number of hydrazine groups is 2. The summed E-state index contributed by atoms with van der Waals surface area (Å²) in [6.07, 6.45) is 0. The third-order valence-corrected chi connectivity index (χ3v) is 3.47. The molecule has 0 bridgehead atoms. The first kappa shape index (κ1) is 14.0. The second-order valence-electron chi connectivity index (χ2n) is 4.08. The zero-order chi connectivity index (χ0) is 12.8. The maximum Gasteiger partial charge on any atom is 0.149 e. The molecule has 0 aromatic carbocycles. The smallest absolute Gasteiger partial charge is 0.149 e. The summed E-state index contributed by atoms with van der Waals surface area (Å²) in [7, 11) is 0. The molecule has 102 valence electrons. The molecular weight excluding hydrogens is 272 g/mol. The number of nitrogens with one attached hydrogen (secondary N) is 2. The minimum absolute atomic E-state index is 0.554. The quantitative estimate of drug-likeness (QED) is 0.649. The van der Waals surface area contributed by atoms with E-state index in [4.69, 9.17) is 33.9 Å². The van der Waals surface area contributed by atoms with Crippen molar-refractivity contribution in [1.29, 1.82) is 0 Å². The van der Waals surface area contributed by atoms with E-state index >= 15 is 0 Å². The van der Waals surface area contributed by atoms with E-state index < -0.39 is 0 Å². The molecule has 2 aliphatic rings. The van der Waals surface area contributed by atoms with Crippen molar-refractivity contribution >= 4 is 34.4 Å².